The molecule has 0 aromatic heterocycles. The summed E-state index contributed by atoms with van der Waals surface area (Å²) >= 11 is 11.9. The van der Waals surface area contributed by atoms with Crippen molar-refractivity contribution in [3.8, 4) is 0 Å². The molecule has 1 aliphatic carbocycles. The molecule has 0 bridgehead atoms. The summed E-state index contributed by atoms with van der Waals surface area (Å²) in [5.74, 6) is -0.00578. The number of Topliss-reactive ketones (excluding diaryl/α,β-unsaturated/α-hetero) is 1. The summed E-state index contributed by atoms with van der Waals surface area (Å²) in [5, 5.41) is 0.686. The van der Waals surface area contributed by atoms with E-state index in [0.29, 0.717) is 5.02 Å². The van der Waals surface area contributed by atoms with E-state index in [1.165, 1.54) is 0 Å². The molecule has 1 aliphatic rings. The highest BCUT2D eigenvalue weighted by Gasteiger charge is 2.49. The number of hydrogen-bond acceptors (Lipinski definition) is 1. The van der Waals surface area contributed by atoms with Gasteiger partial charge in [-0.15, -0.1) is 11.6 Å². The Balaban J connectivity index is 2.17. The minimum Gasteiger partial charge on any atom is -0.297 e. The molecule has 0 spiro atoms. The quantitative estimate of drug-likeness (QED) is 0.738. The normalized spacial score (nSPS) is 19.7. The fraction of sp³-hybridized carbons (Fsp3) is 0.417. The van der Waals surface area contributed by atoms with Crippen molar-refractivity contribution >= 4 is 29.0 Å². The number of carbonyl (C=O) groups excluding carboxylic acids is 1. The second-order valence-electron chi connectivity index (χ2n) is 4.10. The summed E-state index contributed by atoms with van der Waals surface area (Å²) in [4.78, 5) is 11.4. The zero-order valence-electron chi connectivity index (χ0n) is 8.47. The van der Waals surface area contributed by atoms with Gasteiger partial charge in [-0.05, 0) is 30.5 Å². The Kier molecular flexibility index (Phi) is 2.78. The van der Waals surface area contributed by atoms with Gasteiger partial charge in [0, 0.05) is 10.9 Å². The largest absolute Gasteiger partial charge is 0.297 e. The van der Waals surface area contributed by atoms with Crippen LogP contribution in [0.3, 0.4) is 0 Å². The first-order valence-corrected chi connectivity index (χ1v) is 5.77. The third kappa shape index (κ3) is 2.19. The van der Waals surface area contributed by atoms with E-state index in [9.17, 15) is 4.79 Å². The Morgan fingerprint density at radius 3 is 2.33 bits per heavy atom. The van der Waals surface area contributed by atoms with Crippen LogP contribution in [-0.2, 0) is 4.79 Å². The Morgan fingerprint density at radius 2 is 1.87 bits per heavy atom. The van der Waals surface area contributed by atoms with Crippen molar-refractivity contribution in [3.05, 3.63) is 34.9 Å². The van der Waals surface area contributed by atoms with Crippen LogP contribution in [0.2, 0.25) is 5.02 Å². The highest BCUT2D eigenvalue weighted by Crippen LogP contribution is 2.46. The van der Waals surface area contributed by atoms with Gasteiger partial charge in [0.1, 0.15) is 4.87 Å². The number of halogens is 2. The fourth-order valence-corrected chi connectivity index (χ4v) is 2.03. The first kappa shape index (κ1) is 11.0. The maximum Gasteiger partial charge on any atom is 0.160 e. The van der Waals surface area contributed by atoms with Gasteiger partial charge in [0.05, 0.1) is 0 Å². The Hall–Kier alpha value is -0.530. The molecule has 0 N–H and O–H groups in total. The first-order chi connectivity index (χ1) is 7.03. The lowest BCUT2D eigenvalue weighted by atomic mass is 9.94. The van der Waals surface area contributed by atoms with E-state index < -0.39 is 4.87 Å². The SMILES string of the molecule is CC(C(=O)C1(Cl)CC1)c1ccc(Cl)cc1. The van der Waals surface area contributed by atoms with Crippen molar-refractivity contribution in [1.29, 1.82) is 0 Å². The summed E-state index contributed by atoms with van der Waals surface area (Å²) in [6.45, 7) is 1.90. The van der Waals surface area contributed by atoms with Crippen molar-refractivity contribution in [2.45, 2.75) is 30.6 Å². The van der Waals surface area contributed by atoms with Crippen molar-refractivity contribution in [3.63, 3.8) is 0 Å². The predicted molar refractivity (Wildman–Crippen MR) is 62.7 cm³/mol. The molecule has 1 aromatic carbocycles. The molecule has 1 fully saturated rings. The summed E-state index contributed by atoms with van der Waals surface area (Å²) < 4.78 is 0. The Bertz CT molecular complexity index is 379. The van der Waals surface area contributed by atoms with Crippen LogP contribution in [0.25, 0.3) is 0 Å². The minimum atomic E-state index is -0.570. The van der Waals surface area contributed by atoms with E-state index in [-0.39, 0.29) is 11.7 Å². The van der Waals surface area contributed by atoms with Crippen LogP contribution in [0.1, 0.15) is 31.2 Å². The van der Waals surface area contributed by atoms with Crippen molar-refractivity contribution in [2.24, 2.45) is 0 Å². The molecule has 0 heterocycles. The molecule has 3 heteroatoms. The van der Waals surface area contributed by atoms with Gasteiger partial charge in [0.15, 0.2) is 5.78 Å². The molecule has 0 saturated heterocycles. The third-order valence-corrected chi connectivity index (χ3v) is 3.71. The molecule has 80 valence electrons. The van der Waals surface area contributed by atoms with E-state index in [2.05, 4.69) is 0 Å². The topological polar surface area (TPSA) is 17.1 Å². The van der Waals surface area contributed by atoms with Gasteiger partial charge in [-0.1, -0.05) is 30.7 Å². The van der Waals surface area contributed by atoms with E-state index in [0.717, 1.165) is 18.4 Å². The van der Waals surface area contributed by atoms with Gasteiger partial charge in [-0.3, -0.25) is 4.79 Å². The van der Waals surface area contributed by atoms with E-state index in [1.54, 1.807) is 12.1 Å². The van der Waals surface area contributed by atoms with Crippen molar-refractivity contribution in [2.75, 3.05) is 0 Å². The van der Waals surface area contributed by atoms with Crippen molar-refractivity contribution < 1.29 is 4.79 Å². The lowest BCUT2D eigenvalue weighted by Crippen LogP contribution is -2.21. The summed E-state index contributed by atoms with van der Waals surface area (Å²) in [6, 6.07) is 7.37. The summed E-state index contributed by atoms with van der Waals surface area (Å²) in [7, 11) is 0. The predicted octanol–water partition coefficient (Wildman–Crippen LogP) is 3.78. The molecule has 0 radical (unpaired) electrons. The van der Waals surface area contributed by atoms with Crippen molar-refractivity contribution in [1.82, 2.24) is 0 Å². The van der Waals surface area contributed by atoms with Gasteiger partial charge >= 0.3 is 0 Å². The van der Waals surface area contributed by atoms with Gasteiger partial charge in [-0.2, -0.15) is 0 Å². The van der Waals surface area contributed by atoms with Crippen LogP contribution < -0.4 is 0 Å². The highest BCUT2D eigenvalue weighted by molar-refractivity contribution is 6.38. The molecule has 1 atom stereocenters. The van der Waals surface area contributed by atoms with Crippen LogP contribution in [0, 0.1) is 0 Å². The van der Waals surface area contributed by atoms with Crippen LogP contribution >= 0.6 is 23.2 Å². The molecular formula is C12H12Cl2O. The molecule has 1 nitrogen and oxygen atoms in total. The number of ketones is 1. The van der Waals surface area contributed by atoms with Gasteiger partial charge in [0.2, 0.25) is 0 Å². The molecule has 0 aliphatic heterocycles. The molecule has 1 saturated carbocycles. The van der Waals surface area contributed by atoms with E-state index in [1.807, 2.05) is 19.1 Å². The maximum atomic E-state index is 11.9. The standard InChI is InChI=1S/C12H12Cl2O/c1-8(11(15)12(14)6-7-12)9-2-4-10(13)5-3-9/h2-5,8H,6-7H2,1H3. The molecule has 1 aromatic rings. The van der Waals surface area contributed by atoms with E-state index >= 15 is 0 Å². The minimum absolute atomic E-state index is 0.131. The lowest BCUT2D eigenvalue weighted by molar-refractivity contribution is -0.120. The Labute approximate surface area is 99.4 Å². The smallest absolute Gasteiger partial charge is 0.160 e. The third-order valence-electron chi connectivity index (χ3n) is 2.89. The number of hydrogen-bond donors (Lipinski definition) is 0. The fourth-order valence-electron chi connectivity index (χ4n) is 1.65. The van der Waals surface area contributed by atoms with Crippen LogP contribution in [-0.4, -0.2) is 10.7 Å². The van der Waals surface area contributed by atoms with Crippen LogP contribution in [0.15, 0.2) is 24.3 Å². The molecule has 15 heavy (non-hydrogen) atoms. The molecule has 0 amide bonds. The number of benzene rings is 1. The number of rotatable bonds is 3. The lowest BCUT2D eigenvalue weighted by Gasteiger charge is -2.13. The summed E-state index contributed by atoms with van der Waals surface area (Å²) in [5.41, 5.74) is 0.983. The molecule has 2 rings (SSSR count). The second-order valence-corrected chi connectivity index (χ2v) is 5.26. The van der Waals surface area contributed by atoms with Crippen LogP contribution in [0.5, 0.6) is 0 Å². The van der Waals surface area contributed by atoms with E-state index in [4.69, 9.17) is 23.2 Å². The monoisotopic (exact) mass is 242 g/mol. The number of carbonyl (C=O) groups is 1. The summed E-state index contributed by atoms with van der Waals surface area (Å²) in [6.07, 6.45) is 1.62. The average Bonchev–Trinajstić information content (AvgIpc) is 2.97. The van der Waals surface area contributed by atoms with Gasteiger partial charge in [-0.25, -0.2) is 0 Å². The first-order valence-electron chi connectivity index (χ1n) is 5.02. The van der Waals surface area contributed by atoms with Gasteiger partial charge < -0.3 is 0 Å². The second kappa shape index (κ2) is 3.80. The van der Waals surface area contributed by atoms with Gasteiger partial charge in [0.25, 0.3) is 0 Å². The molecular weight excluding hydrogens is 231 g/mol. The average molecular weight is 243 g/mol. The maximum absolute atomic E-state index is 11.9. The Morgan fingerprint density at radius 1 is 1.33 bits per heavy atom. The molecule has 1 unspecified atom stereocenters. The highest BCUT2D eigenvalue weighted by atomic mass is 35.5. The number of alkyl halides is 1. The zero-order chi connectivity index (χ0) is 11.1. The van der Waals surface area contributed by atoms with Crippen LogP contribution in [0.4, 0.5) is 0 Å². The zero-order valence-corrected chi connectivity index (χ0v) is 9.98.